The number of carbonyl (C=O) groups excluding carboxylic acids is 1. The third-order valence-electron chi connectivity index (χ3n) is 3.56. The Balaban J connectivity index is 1.89. The van der Waals surface area contributed by atoms with Gasteiger partial charge in [0.2, 0.25) is 0 Å². The maximum absolute atomic E-state index is 12.0. The van der Waals surface area contributed by atoms with Crippen LogP contribution in [-0.2, 0) is 4.79 Å². The smallest absolute Gasteiger partial charge is 0.163 e. The van der Waals surface area contributed by atoms with Gasteiger partial charge in [-0.05, 0) is 50.6 Å². The molecule has 2 aliphatic carbocycles. The molecule has 1 atom stereocenters. The lowest BCUT2D eigenvalue weighted by atomic mass is 9.94. The normalized spacial score (nSPS) is 25.9. The summed E-state index contributed by atoms with van der Waals surface area (Å²) >= 11 is 0. The van der Waals surface area contributed by atoms with E-state index in [1.54, 1.807) is 0 Å². The van der Waals surface area contributed by atoms with Crippen molar-refractivity contribution < 1.29 is 4.79 Å². The second-order valence-electron chi connectivity index (χ2n) is 4.76. The lowest BCUT2D eigenvalue weighted by Gasteiger charge is -2.11. The average Bonchev–Trinajstić information content (AvgIpc) is 2.57. The molecule has 0 spiro atoms. The Labute approximate surface area is 92.1 Å². The molecule has 0 saturated carbocycles. The van der Waals surface area contributed by atoms with Crippen LogP contribution in [0.2, 0.25) is 0 Å². The maximum atomic E-state index is 12.0. The summed E-state index contributed by atoms with van der Waals surface area (Å²) in [5.41, 5.74) is 2.68. The van der Waals surface area contributed by atoms with Crippen molar-refractivity contribution in [2.24, 2.45) is 5.92 Å². The molecule has 0 saturated heterocycles. The van der Waals surface area contributed by atoms with Gasteiger partial charge in [0.05, 0.1) is 0 Å². The first-order chi connectivity index (χ1) is 7.33. The fourth-order valence-corrected chi connectivity index (χ4v) is 2.74. The van der Waals surface area contributed by atoms with E-state index in [1.165, 1.54) is 30.4 Å². The monoisotopic (exact) mass is 207 g/mol. The van der Waals surface area contributed by atoms with Gasteiger partial charge >= 0.3 is 0 Å². The van der Waals surface area contributed by atoms with Crippen LogP contribution in [0.5, 0.6) is 0 Å². The third-order valence-corrected chi connectivity index (χ3v) is 3.56. The molecule has 1 unspecified atom stereocenters. The van der Waals surface area contributed by atoms with Crippen LogP contribution in [0.3, 0.4) is 0 Å². The van der Waals surface area contributed by atoms with E-state index in [9.17, 15) is 4.79 Å². The second-order valence-corrected chi connectivity index (χ2v) is 4.76. The highest BCUT2D eigenvalue weighted by Gasteiger charge is 2.33. The molecule has 15 heavy (non-hydrogen) atoms. The highest BCUT2D eigenvalue weighted by molar-refractivity contribution is 6.00. The Morgan fingerprint density at radius 2 is 2.13 bits per heavy atom. The van der Waals surface area contributed by atoms with E-state index in [2.05, 4.69) is 12.2 Å². The Morgan fingerprint density at radius 3 is 2.87 bits per heavy atom. The summed E-state index contributed by atoms with van der Waals surface area (Å²) in [4.78, 5) is 12.0. The number of hydrogen-bond acceptors (Lipinski definition) is 2. The van der Waals surface area contributed by atoms with E-state index in [0.717, 1.165) is 32.4 Å². The van der Waals surface area contributed by atoms with Gasteiger partial charge in [-0.15, -0.1) is 0 Å². The number of nitrogens with one attached hydrogen (secondary N) is 1. The number of carbonyl (C=O) groups is 1. The summed E-state index contributed by atoms with van der Waals surface area (Å²) < 4.78 is 0. The van der Waals surface area contributed by atoms with Crippen molar-refractivity contribution in [1.82, 2.24) is 5.32 Å². The van der Waals surface area contributed by atoms with E-state index in [4.69, 9.17) is 0 Å². The molecule has 0 aromatic carbocycles. The molecular weight excluding hydrogens is 186 g/mol. The van der Waals surface area contributed by atoms with Gasteiger partial charge in [0.15, 0.2) is 5.78 Å². The summed E-state index contributed by atoms with van der Waals surface area (Å²) in [7, 11) is 0. The number of rotatable bonds is 4. The fourth-order valence-electron chi connectivity index (χ4n) is 2.74. The number of Topliss-reactive ketones (excluding diaryl/α,β-unsaturated/α-hetero) is 1. The van der Waals surface area contributed by atoms with Crippen molar-refractivity contribution in [3.05, 3.63) is 11.1 Å². The van der Waals surface area contributed by atoms with E-state index < -0.39 is 0 Å². The molecule has 2 aliphatic rings. The molecule has 1 N–H and O–H groups in total. The lowest BCUT2D eigenvalue weighted by molar-refractivity contribution is -0.118. The van der Waals surface area contributed by atoms with Crippen LogP contribution < -0.4 is 5.32 Å². The van der Waals surface area contributed by atoms with Crippen molar-refractivity contribution in [3.8, 4) is 0 Å². The van der Waals surface area contributed by atoms with Crippen LogP contribution in [0.15, 0.2) is 11.1 Å². The number of allylic oxidation sites excluding steroid dienone is 2. The molecule has 0 radical (unpaired) electrons. The lowest BCUT2D eigenvalue weighted by Crippen LogP contribution is -2.27. The van der Waals surface area contributed by atoms with E-state index >= 15 is 0 Å². The maximum Gasteiger partial charge on any atom is 0.163 e. The Hall–Kier alpha value is -0.630. The van der Waals surface area contributed by atoms with Crippen molar-refractivity contribution in [1.29, 1.82) is 0 Å². The van der Waals surface area contributed by atoms with Gasteiger partial charge < -0.3 is 5.32 Å². The summed E-state index contributed by atoms with van der Waals surface area (Å²) in [6.45, 7) is 4.08. The minimum absolute atomic E-state index is 0.264. The van der Waals surface area contributed by atoms with Gasteiger partial charge in [0.1, 0.15) is 0 Å². The Morgan fingerprint density at radius 1 is 1.33 bits per heavy atom. The second kappa shape index (κ2) is 4.93. The van der Waals surface area contributed by atoms with Gasteiger partial charge in [0, 0.05) is 12.5 Å². The summed E-state index contributed by atoms with van der Waals surface area (Å²) in [5.74, 6) is 0.716. The molecule has 2 heteroatoms. The highest BCUT2D eigenvalue weighted by Crippen LogP contribution is 2.37. The number of hydrogen-bond donors (Lipinski definition) is 1. The highest BCUT2D eigenvalue weighted by atomic mass is 16.1. The van der Waals surface area contributed by atoms with Crippen LogP contribution >= 0.6 is 0 Å². The quantitative estimate of drug-likeness (QED) is 0.717. The molecule has 0 aromatic rings. The van der Waals surface area contributed by atoms with E-state index in [0.29, 0.717) is 5.78 Å². The molecule has 0 bridgehead atoms. The number of ketones is 1. The van der Waals surface area contributed by atoms with Gasteiger partial charge in [-0.3, -0.25) is 4.79 Å². The van der Waals surface area contributed by atoms with Gasteiger partial charge in [-0.1, -0.05) is 12.5 Å². The zero-order valence-corrected chi connectivity index (χ0v) is 9.64. The first kappa shape index (κ1) is 10.9. The predicted octanol–water partition coefficient (Wildman–Crippen LogP) is 2.45. The fraction of sp³-hybridized carbons (Fsp3) is 0.769. The van der Waals surface area contributed by atoms with Crippen molar-refractivity contribution >= 4 is 5.78 Å². The van der Waals surface area contributed by atoms with E-state index in [-0.39, 0.29) is 5.92 Å². The van der Waals surface area contributed by atoms with Crippen LogP contribution in [0.4, 0.5) is 0 Å². The van der Waals surface area contributed by atoms with Crippen LogP contribution in [0.1, 0.15) is 45.4 Å². The molecule has 0 fully saturated rings. The van der Waals surface area contributed by atoms with Gasteiger partial charge in [0.25, 0.3) is 0 Å². The summed E-state index contributed by atoms with van der Waals surface area (Å²) in [6.07, 6.45) is 6.95. The zero-order valence-electron chi connectivity index (χ0n) is 9.64. The summed E-state index contributed by atoms with van der Waals surface area (Å²) in [5, 5.41) is 3.37. The molecular formula is C13H21NO. The standard InChI is InChI=1S/C13H21NO/c1-2-7-14-9-11-8-10-5-3-4-6-12(10)13(11)15/h11,14H,2-9H2,1H3. The van der Waals surface area contributed by atoms with Crippen LogP contribution in [-0.4, -0.2) is 18.9 Å². The molecule has 2 nitrogen and oxygen atoms in total. The SMILES string of the molecule is CCCNCC1CC2=C(CCCC2)C1=O. The molecule has 0 aliphatic heterocycles. The van der Waals surface area contributed by atoms with Crippen LogP contribution in [0.25, 0.3) is 0 Å². The minimum Gasteiger partial charge on any atom is -0.316 e. The first-order valence-electron chi connectivity index (χ1n) is 6.28. The molecule has 2 rings (SSSR count). The molecule has 84 valence electrons. The largest absolute Gasteiger partial charge is 0.316 e. The molecule has 0 heterocycles. The van der Waals surface area contributed by atoms with Crippen molar-refractivity contribution in [2.75, 3.05) is 13.1 Å². The Bertz CT molecular complexity index is 280. The van der Waals surface area contributed by atoms with Gasteiger partial charge in [-0.25, -0.2) is 0 Å². The van der Waals surface area contributed by atoms with Crippen LogP contribution in [0, 0.1) is 5.92 Å². The minimum atomic E-state index is 0.264. The van der Waals surface area contributed by atoms with E-state index in [1.807, 2.05) is 0 Å². The molecule has 0 aromatic heterocycles. The van der Waals surface area contributed by atoms with Crippen molar-refractivity contribution in [3.63, 3.8) is 0 Å². The third kappa shape index (κ3) is 2.31. The van der Waals surface area contributed by atoms with Crippen molar-refractivity contribution in [2.45, 2.75) is 45.4 Å². The summed E-state index contributed by atoms with van der Waals surface area (Å²) in [6, 6.07) is 0. The zero-order chi connectivity index (χ0) is 10.7. The molecule has 0 amide bonds. The topological polar surface area (TPSA) is 29.1 Å². The average molecular weight is 207 g/mol. The first-order valence-corrected chi connectivity index (χ1v) is 6.28. The van der Waals surface area contributed by atoms with Gasteiger partial charge in [-0.2, -0.15) is 0 Å². The Kier molecular flexibility index (Phi) is 3.57. The predicted molar refractivity (Wildman–Crippen MR) is 61.8 cm³/mol.